The quantitative estimate of drug-likeness (QED) is 0.643. The van der Waals surface area contributed by atoms with Crippen LogP contribution in [0.4, 0.5) is 0 Å². The van der Waals surface area contributed by atoms with Crippen molar-refractivity contribution in [1.29, 1.82) is 5.26 Å². The van der Waals surface area contributed by atoms with Gasteiger partial charge in [0, 0.05) is 12.6 Å². The van der Waals surface area contributed by atoms with E-state index >= 15 is 0 Å². The highest BCUT2D eigenvalue weighted by atomic mass is 16.5. The second-order valence-electron chi connectivity index (χ2n) is 5.42. The van der Waals surface area contributed by atoms with Gasteiger partial charge in [0.15, 0.2) is 11.5 Å². The van der Waals surface area contributed by atoms with Gasteiger partial charge in [0.2, 0.25) is 5.91 Å². The van der Waals surface area contributed by atoms with Gasteiger partial charge in [0.25, 0.3) is 0 Å². The van der Waals surface area contributed by atoms with Crippen molar-refractivity contribution in [3.05, 3.63) is 54.0 Å². The second kappa shape index (κ2) is 9.94. The maximum Gasteiger partial charge on any atom is 0.247 e. The summed E-state index contributed by atoms with van der Waals surface area (Å²) >= 11 is 0. The zero-order chi connectivity index (χ0) is 18.8. The number of rotatable bonds is 9. The molecule has 0 N–H and O–H groups in total. The van der Waals surface area contributed by atoms with Gasteiger partial charge >= 0.3 is 0 Å². The van der Waals surface area contributed by atoms with Gasteiger partial charge in [0.1, 0.15) is 5.76 Å². The molecule has 0 aliphatic heterocycles. The van der Waals surface area contributed by atoms with Crippen LogP contribution in [0.25, 0.3) is 6.08 Å². The van der Waals surface area contributed by atoms with Gasteiger partial charge in [-0.15, -0.1) is 0 Å². The maximum atomic E-state index is 12.5. The summed E-state index contributed by atoms with van der Waals surface area (Å²) in [7, 11) is 1.57. The van der Waals surface area contributed by atoms with Crippen molar-refractivity contribution < 1.29 is 18.7 Å². The van der Waals surface area contributed by atoms with E-state index in [4.69, 9.17) is 19.2 Å². The van der Waals surface area contributed by atoms with Crippen LogP contribution < -0.4 is 9.47 Å². The number of hydrogen-bond acceptors (Lipinski definition) is 5. The zero-order valence-corrected chi connectivity index (χ0v) is 15.0. The molecule has 0 saturated heterocycles. The Labute approximate surface area is 153 Å². The van der Waals surface area contributed by atoms with E-state index in [0.717, 1.165) is 5.56 Å². The van der Waals surface area contributed by atoms with E-state index in [9.17, 15) is 4.79 Å². The van der Waals surface area contributed by atoms with Crippen LogP contribution in [0.5, 0.6) is 11.5 Å². The van der Waals surface area contributed by atoms with Gasteiger partial charge in [-0.3, -0.25) is 4.79 Å². The van der Waals surface area contributed by atoms with E-state index in [1.165, 1.54) is 6.08 Å². The third-order valence-electron chi connectivity index (χ3n) is 3.64. The summed E-state index contributed by atoms with van der Waals surface area (Å²) in [5.41, 5.74) is 0.817. The van der Waals surface area contributed by atoms with E-state index in [-0.39, 0.29) is 12.3 Å². The van der Waals surface area contributed by atoms with Crippen LogP contribution in [0.1, 0.15) is 24.7 Å². The number of benzene rings is 1. The largest absolute Gasteiger partial charge is 0.493 e. The highest BCUT2D eigenvalue weighted by molar-refractivity contribution is 5.91. The molecule has 2 rings (SSSR count). The zero-order valence-electron chi connectivity index (χ0n) is 15.0. The highest BCUT2D eigenvalue weighted by Gasteiger charge is 2.13. The molecule has 0 bridgehead atoms. The molecule has 0 aliphatic carbocycles. The normalized spacial score (nSPS) is 10.5. The lowest BCUT2D eigenvalue weighted by Gasteiger charge is -2.18. The molecule has 1 aromatic carbocycles. The van der Waals surface area contributed by atoms with E-state index < -0.39 is 0 Å². The minimum atomic E-state index is -0.190. The Morgan fingerprint density at radius 1 is 1.35 bits per heavy atom. The Morgan fingerprint density at radius 2 is 2.19 bits per heavy atom. The third-order valence-corrected chi connectivity index (χ3v) is 3.64. The first kappa shape index (κ1) is 19.1. The Bertz CT molecular complexity index is 776. The van der Waals surface area contributed by atoms with Crippen molar-refractivity contribution in [2.24, 2.45) is 0 Å². The van der Waals surface area contributed by atoms with Crippen LogP contribution in [-0.2, 0) is 11.3 Å². The Balaban J connectivity index is 2.10. The van der Waals surface area contributed by atoms with E-state index in [2.05, 4.69) is 6.07 Å². The fourth-order valence-corrected chi connectivity index (χ4v) is 2.38. The van der Waals surface area contributed by atoms with E-state index in [1.807, 2.05) is 19.1 Å². The molecule has 0 saturated carbocycles. The Hall–Kier alpha value is -3.20. The minimum Gasteiger partial charge on any atom is -0.493 e. The number of hydrogen-bond donors (Lipinski definition) is 0. The first-order valence-electron chi connectivity index (χ1n) is 8.35. The van der Waals surface area contributed by atoms with Gasteiger partial charge in [-0.05, 0) is 42.8 Å². The molecule has 1 amide bonds. The number of nitrogens with zero attached hydrogens (tertiary/aromatic N) is 2. The average molecular weight is 354 g/mol. The molecule has 1 aromatic heterocycles. The summed E-state index contributed by atoms with van der Waals surface area (Å²) in [6.45, 7) is 3.11. The first-order chi connectivity index (χ1) is 12.7. The molecule has 0 radical (unpaired) electrons. The summed E-state index contributed by atoms with van der Waals surface area (Å²) in [4.78, 5) is 14.1. The van der Waals surface area contributed by atoms with Gasteiger partial charge < -0.3 is 18.8 Å². The highest BCUT2D eigenvalue weighted by Crippen LogP contribution is 2.28. The predicted molar refractivity (Wildman–Crippen MR) is 97.6 cm³/mol. The molecule has 26 heavy (non-hydrogen) atoms. The van der Waals surface area contributed by atoms with Crippen molar-refractivity contribution in [3.8, 4) is 17.6 Å². The number of methoxy groups -OCH3 is 1. The van der Waals surface area contributed by atoms with Crippen molar-refractivity contribution in [2.75, 3.05) is 20.3 Å². The predicted octanol–water partition coefficient (Wildman–Crippen LogP) is 3.64. The average Bonchev–Trinajstić information content (AvgIpc) is 3.17. The van der Waals surface area contributed by atoms with E-state index in [1.54, 1.807) is 42.5 Å². The van der Waals surface area contributed by atoms with Gasteiger partial charge in [-0.25, -0.2) is 0 Å². The maximum absolute atomic E-state index is 12.5. The Kier molecular flexibility index (Phi) is 7.31. The summed E-state index contributed by atoms with van der Waals surface area (Å²) in [6.07, 6.45) is 5.01. The summed E-state index contributed by atoms with van der Waals surface area (Å²) in [5, 5.41) is 8.80. The lowest BCUT2D eigenvalue weighted by Crippen LogP contribution is -2.29. The summed E-state index contributed by atoms with van der Waals surface area (Å²) < 4.78 is 16.1. The minimum absolute atomic E-state index is 0.190. The van der Waals surface area contributed by atoms with Crippen molar-refractivity contribution in [3.63, 3.8) is 0 Å². The number of ether oxygens (including phenoxy) is 2. The molecular weight excluding hydrogens is 332 g/mol. The van der Waals surface area contributed by atoms with Crippen LogP contribution in [0.15, 0.2) is 47.1 Å². The topological polar surface area (TPSA) is 75.7 Å². The van der Waals surface area contributed by atoms with Crippen molar-refractivity contribution in [2.45, 2.75) is 19.9 Å². The third kappa shape index (κ3) is 5.42. The van der Waals surface area contributed by atoms with Crippen LogP contribution >= 0.6 is 0 Å². The lowest BCUT2D eigenvalue weighted by atomic mass is 10.2. The molecule has 0 atom stereocenters. The standard InChI is InChI=1S/C20H22N2O4/c1-3-25-18-9-7-16(14-19(18)24-2)8-10-20(23)22(12-5-11-21)15-17-6-4-13-26-17/h4,6-10,13-14H,3,5,12,15H2,1-2H3/b10-8+. The van der Waals surface area contributed by atoms with Crippen LogP contribution in [0, 0.1) is 11.3 Å². The number of carbonyl (C=O) groups excluding carboxylic acids is 1. The summed E-state index contributed by atoms with van der Waals surface area (Å²) in [5.74, 6) is 1.75. The lowest BCUT2D eigenvalue weighted by molar-refractivity contribution is -0.126. The SMILES string of the molecule is CCOc1ccc(/C=C/C(=O)N(CCC#N)Cc2ccco2)cc1OC. The van der Waals surface area contributed by atoms with Crippen molar-refractivity contribution in [1.82, 2.24) is 4.90 Å². The van der Waals surface area contributed by atoms with Crippen LogP contribution in [0.2, 0.25) is 0 Å². The molecular formula is C20H22N2O4. The van der Waals surface area contributed by atoms with Crippen molar-refractivity contribution >= 4 is 12.0 Å². The molecule has 6 nitrogen and oxygen atoms in total. The molecule has 2 aromatic rings. The fraction of sp³-hybridized carbons (Fsp3) is 0.300. The number of carbonyl (C=O) groups is 1. The smallest absolute Gasteiger partial charge is 0.247 e. The van der Waals surface area contributed by atoms with E-state index in [0.29, 0.717) is 37.0 Å². The molecule has 1 heterocycles. The molecule has 136 valence electrons. The molecule has 0 unspecified atom stereocenters. The fourth-order valence-electron chi connectivity index (χ4n) is 2.38. The number of furan rings is 1. The Morgan fingerprint density at radius 3 is 2.85 bits per heavy atom. The van der Waals surface area contributed by atoms with Crippen LogP contribution in [-0.4, -0.2) is 31.1 Å². The molecule has 0 spiro atoms. The molecule has 6 heteroatoms. The first-order valence-corrected chi connectivity index (χ1v) is 8.35. The van der Waals surface area contributed by atoms with Gasteiger partial charge in [-0.2, -0.15) is 5.26 Å². The molecule has 0 aliphatic rings. The number of amides is 1. The van der Waals surface area contributed by atoms with Gasteiger partial charge in [0.05, 0.1) is 39.0 Å². The summed E-state index contributed by atoms with van der Waals surface area (Å²) in [6, 6.07) is 11.1. The monoisotopic (exact) mass is 354 g/mol. The van der Waals surface area contributed by atoms with Gasteiger partial charge in [-0.1, -0.05) is 6.07 Å². The van der Waals surface area contributed by atoms with Crippen LogP contribution in [0.3, 0.4) is 0 Å². The second-order valence-corrected chi connectivity index (χ2v) is 5.42. The molecule has 0 fully saturated rings. The number of nitriles is 1.